The van der Waals surface area contributed by atoms with E-state index >= 15 is 0 Å². The Hall–Kier alpha value is -1.65. The Morgan fingerprint density at radius 3 is 2.45 bits per heavy atom. The molecule has 2 atom stereocenters. The van der Waals surface area contributed by atoms with Gasteiger partial charge in [0, 0.05) is 18.6 Å². The van der Waals surface area contributed by atoms with E-state index in [1.54, 1.807) is 0 Å². The lowest BCUT2D eigenvalue weighted by Gasteiger charge is -2.34. The van der Waals surface area contributed by atoms with Crippen LogP contribution in [-0.4, -0.2) is 36.5 Å². The van der Waals surface area contributed by atoms with Crippen LogP contribution in [-0.2, 0) is 10.0 Å². The summed E-state index contributed by atoms with van der Waals surface area (Å²) in [5.41, 5.74) is -0.289. The van der Waals surface area contributed by atoms with Crippen LogP contribution in [0.25, 0.3) is 0 Å². The van der Waals surface area contributed by atoms with Crippen LogP contribution in [0.4, 0.5) is 14.5 Å². The number of benzene rings is 1. The number of rotatable bonds is 4. The number of nitro groups is 1. The Labute approximate surface area is 125 Å². The fourth-order valence-electron chi connectivity index (χ4n) is 2.30. The molecule has 10 heteroatoms. The van der Waals surface area contributed by atoms with Crippen molar-refractivity contribution in [3.63, 3.8) is 0 Å². The molecule has 7 nitrogen and oxygen atoms in total. The van der Waals surface area contributed by atoms with Gasteiger partial charge in [-0.3, -0.25) is 10.1 Å². The van der Waals surface area contributed by atoms with Gasteiger partial charge >= 0.3 is 0 Å². The first kappa shape index (κ1) is 16.7. The molecule has 0 aromatic heterocycles. The van der Waals surface area contributed by atoms with Gasteiger partial charge in [0.05, 0.1) is 15.9 Å². The van der Waals surface area contributed by atoms with Crippen LogP contribution in [0.3, 0.4) is 0 Å². The van der Waals surface area contributed by atoms with Gasteiger partial charge in [0.25, 0.3) is 11.6 Å². The van der Waals surface area contributed by atoms with Gasteiger partial charge in [-0.25, -0.2) is 21.9 Å². The van der Waals surface area contributed by atoms with E-state index < -0.39 is 39.4 Å². The molecule has 1 aromatic rings. The monoisotopic (exact) mass is 336 g/mol. The molecule has 2 N–H and O–H groups in total. The van der Waals surface area contributed by atoms with Crippen molar-refractivity contribution in [3.8, 4) is 0 Å². The molecule has 0 spiro atoms. The average Bonchev–Trinajstić information content (AvgIpc) is 2.44. The highest BCUT2D eigenvalue weighted by molar-refractivity contribution is 7.89. The van der Waals surface area contributed by atoms with Crippen LogP contribution in [0, 0.1) is 10.1 Å². The third-order valence-electron chi connectivity index (χ3n) is 3.50. The lowest BCUT2D eigenvalue weighted by Crippen LogP contribution is -2.54. The summed E-state index contributed by atoms with van der Waals surface area (Å²) in [7, 11) is -4.15. The van der Waals surface area contributed by atoms with Crippen molar-refractivity contribution < 1.29 is 27.2 Å². The number of alkyl halides is 2. The van der Waals surface area contributed by atoms with Gasteiger partial charge in [0.1, 0.15) is 6.10 Å². The highest BCUT2D eigenvalue weighted by atomic mass is 32.2. The highest BCUT2D eigenvalue weighted by Gasteiger charge is 2.47. The molecule has 0 radical (unpaired) electrons. The molecule has 122 valence electrons. The largest absolute Gasteiger partial charge is 0.385 e. The normalized spacial score (nSPS) is 24.9. The second kappa shape index (κ2) is 5.86. The summed E-state index contributed by atoms with van der Waals surface area (Å²) in [6, 6.07) is 2.71. The third-order valence-corrected chi connectivity index (χ3v) is 5.01. The maximum Gasteiger partial charge on any atom is 0.275 e. The van der Waals surface area contributed by atoms with Crippen molar-refractivity contribution in [1.82, 2.24) is 4.72 Å². The molecular formula is C12H14F2N2O5S. The molecule has 0 saturated heterocycles. The summed E-state index contributed by atoms with van der Waals surface area (Å²) >= 11 is 0. The molecule has 22 heavy (non-hydrogen) atoms. The molecule has 0 bridgehead atoms. The Balaban J connectivity index is 2.18. The van der Waals surface area contributed by atoms with Crippen molar-refractivity contribution in [2.45, 2.75) is 42.2 Å². The SMILES string of the molecule is O=[N+]([O-])c1ccc(S(=O)(=O)N[C@@H]2CCCC(F)(F)[C@H]2O)cc1. The van der Waals surface area contributed by atoms with E-state index in [0.29, 0.717) is 0 Å². The van der Waals surface area contributed by atoms with Crippen LogP contribution >= 0.6 is 0 Å². The molecule has 1 aliphatic carbocycles. The highest BCUT2D eigenvalue weighted by Crippen LogP contribution is 2.34. The predicted octanol–water partition coefficient (Wildman–Crippen LogP) is 1.42. The molecule has 0 unspecified atom stereocenters. The lowest BCUT2D eigenvalue weighted by molar-refractivity contribution is -0.384. The lowest BCUT2D eigenvalue weighted by atomic mass is 9.90. The zero-order valence-electron chi connectivity index (χ0n) is 11.3. The van der Waals surface area contributed by atoms with Crippen LogP contribution in [0.5, 0.6) is 0 Å². The Morgan fingerprint density at radius 2 is 1.91 bits per heavy atom. The fourth-order valence-corrected chi connectivity index (χ4v) is 3.57. The number of aliphatic hydroxyl groups excluding tert-OH is 1. The van der Waals surface area contributed by atoms with Gasteiger partial charge in [0.2, 0.25) is 10.0 Å². The number of hydrogen-bond acceptors (Lipinski definition) is 5. The minimum Gasteiger partial charge on any atom is -0.385 e. The second-order valence-corrected chi connectivity index (χ2v) is 6.79. The zero-order chi connectivity index (χ0) is 16.5. The van der Waals surface area contributed by atoms with Gasteiger partial charge in [-0.15, -0.1) is 0 Å². The molecule has 1 aliphatic rings. The minimum absolute atomic E-state index is 0.0809. The smallest absolute Gasteiger partial charge is 0.275 e. The quantitative estimate of drug-likeness (QED) is 0.638. The van der Waals surface area contributed by atoms with Crippen molar-refractivity contribution in [1.29, 1.82) is 0 Å². The van der Waals surface area contributed by atoms with Gasteiger partial charge in [-0.2, -0.15) is 0 Å². The number of sulfonamides is 1. The number of nitro benzene ring substituents is 1. The van der Waals surface area contributed by atoms with E-state index in [-0.39, 0.29) is 23.4 Å². The number of halogens is 2. The molecule has 2 rings (SSSR count). The molecule has 1 saturated carbocycles. The Kier molecular flexibility index (Phi) is 4.45. The van der Waals surface area contributed by atoms with Crippen LogP contribution in [0.2, 0.25) is 0 Å². The standard InChI is InChI=1S/C12H14F2N2O5S/c13-12(14)7-1-2-10(11(12)17)15-22(20,21)9-5-3-8(4-6-9)16(18)19/h3-6,10-11,15,17H,1-2,7H2/t10-,11+/m1/s1. The molecule has 0 aliphatic heterocycles. The maximum atomic E-state index is 13.4. The van der Waals surface area contributed by atoms with E-state index in [2.05, 4.69) is 0 Å². The van der Waals surface area contributed by atoms with Crippen molar-refractivity contribution in [3.05, 3.63) is 34.4 Å². The Bertz CT molecular complexity index is 663. The van der Waals surface area contributed by atoms with E-state index in [0.717, 1.165) is 24.3 Å². The third kappa shape index (κ3) is 3.39. The van der Waals surface area contributed by atoms with Crippen molar-refractivity contribution in [2.24, 2.45) is 0 Å². The van der Waals surface area contributed by atoms with E-state index in [9.17, 15) is 32.4 Å². The van der Waals surface area contributed by atoms with Gasteiger partial charge < -0.3 is 5.11 Å². The number of nitrogens with one attached hydrogen (secondary N) is 1. The van der Waals surface area contributed by atoms with Crippen molar-refractivity contribution in [2.75, 3.05) is 0 Å². The first-order valence-electron chi connectivity index (χ1n) is 6.46. The summed E-state index contributed by atoms with van der Waals surface area (Å²) < 4.78 is 53.1. The average molecular weight is 336 g/mol. The van der Waals surface area contributed by atoms with Gasteiger partial charge in [-0.05, 0) is 25.0 Å². The van der Waals surface area contributed by atoms with E-state index in [1.807, 2.05) is 4.72 Å². The Morgan fingerprint density at radius 1 is 1.32 bits per heavy atom. The summed E-state index contributed by atoms with van der Waals surface area (Å²) in [6.45, 7) is 0. The van der Waals surface area contributed by atoms with Crippen LogP contribution in [0.15, 0.2) is 29.2 Å². The van der Waals surface area contributed by atoms with Crippen LogP contribution in [0.1, 0.15) is 19.3 Å². The number of non-ortho nitro benzene ring substituents is 1. The molecule has 0 heterocycles. The topological polar surface area (TPSA) is 110 Å². The maximum absolute atomic E-state index is 13.4. The number of nitrogens with zero attached hydrogens (tertiary/aromatic N) is 1. The first-order chi connectivity index (χ1) is 10.1. The molecule has 1 aromatic carbocycles. The summed E-state index contributed by atoms with van der Waals surface area (Å²) in [4.78, 5) is 9.54. The van der Waals surface area contributed by atoms with Crippen LogP contribution < -0.4 is 4.72 Å². The molecule has 0 amide bonds. The zero-order valence-corrected chi connectivity index (χ0v) is 12.1. The van der Waals surface area contributed by atoms with Gasteiger partial charge in [-0.1, -0.05) is 0 Å². The molecule has 1 fully saturated rings. The van der Waals surface area contributed by atoms with Gasteiger partial charge in [0.15, 0.2) is 0 Å². The first-order valence-corrected chi connectivity index (χ1v) is 7.94. The number of hydrogen-bond donors (Lipinski definition) is 2. The number of aliphatic hydroxyl groups is 1. The van der Waals surface area contributed by atoms with Crippen molar-refractivity contribution >= 4 is 15.7 Å². The summed E-state index contributed by atoms with van der Waals surface area (Å²) in [6.07, 6.45) is -2.43. The summed E-state index contributed by atoms with van der Waals surface area (Å²) in [5, 5.41) is 20.1. The van der Waals surface area contributed by atoms with E-state index in [4.69, 9.17) is 0 Å². The second-order valence-electron chi connectivity index (χ2n) is 5.08. The minimum atomic E-state index is -4.15. The fraction of sp³-hybridized carbons (Fsp3) is 0.500. The van der Waals surface area contributed by atoms with E-state index in [1.165, 1.54) is 0 Å². The molecular weight excluding hydrogens is 322 g/mol. The predicted molar refractivity (Wildman–Crippen MR) is 72.0 cm³/mol. The summed E-state index contributed by atoms with van der Waals surface area (Å²) in [5.74, 6) is -3.35.